The fraction of sp³-hybridized carbons (Fsp3) is 0.357. The molecule has 1 aromatic carbocycles. The average Bonchev–Trinajstić information content (AvgIpc) is 2.86. The van der Waals surface area contributed by atoms with Crippen LogP contribution >= 0.6 is 0 Å². The van der Waals surface area contributed by atoms with Crippen LogP contribution in [0.25, 0.3) is 0 Å². The lowest BCUT2D eigenvalue weighted by Crippen LogP contribution is -2.01. The predicted molar refractivity (Wildman–Crippen MR) is 73.1 cm³/mol. The van der Waals surface area contributed by atoms with E-state index in [2.05, 4.69) is 22.5 Å². The molecule has 0 bridgehead atoms. The molecule has 1 N–H and O–H groups in total. The number of ether oxygens (including phenoxy) is 1. The highest BCUT2D eigenvalue weighted by Gasteiger charge is 1.98. The molecule has 0 aliphatic rings. The van der Waals surface area contributed by atoms with Crippen molar-refractivity contribution in [2.24, 2.45) is 0 Å². The first-order chi connectivity index (χ1) is 8.81. The van der Waals surface area contributed by atoms with Crippen LogP contribution in [0.4, 0.5) is 5.69 Å². The van der Waals surface area contributed by atoms with Gasteiger partial charge in [-0.2, -0.15) is 5.10 Å². The molecule has 1 aromatic heterocycles. The Morgan fingerprint density at radius 2 is 2.06 bits per heavy atom. The van der Waals surface area contributed by atoms with E-state index in [9.17, 15) is 0 Å². The van der Waals surface area contributed by atoms with Crippen LogP contribution in [0.1, 0.15) is 12.5 Å². The zero-order valence-electron chi connectivity index (χ0n) is 10.9. The number of hydrogen-bond acceptors (Lipinski definition) is 3. The molecule has 0 radical (unpaired) electrons. The molecule has 0 saturated heterocycles. The minimum atomic E-state index is 0.708. The summed E-state index contributed by atoms with van der Waals surface area (Å²) >= 11 is 0. The summed E-state index contributed by atoms with van der Waals surface area (Å²) in [5.74, 6) is 0.929. The molecule has 4 heteroatoms. The van der Waals surface area contributed by atoms with E-state index in [1.165, 1.54) is 5.56 Å². The molecule has 0 unspecified atom stereocenters. The van der Waals surface area contributed by atoms with Crippen LogP contribution in [-0.2, 0) is 13.0 Å². The Kier molecular flexibility index (Phi) is 4.23. The van der Waals surface area contributed by atoms with Crippen molar-refractivity contribution in [2.45, 2.75) is 19.9 Å². The van der Waals surface area contributed by atoms with Crippen LogP contribution in [0.5, 0.6) is 5.75 Å². The fourth-order valence-electron chi connectivity index (χ4n) is 1.78. The first-order valence-corrected chi connectivity index (χ1v) is 6.23. The quantitative estimate of drug-likeness (QED) is 0.850. The Balaban J connectivity index is 1.89. The first-order valence-electron chi connectivity index (χ1n) is 6.23. The lowest BCUT2D eigenvalue weighted by Gasteiger charge is -2.05. The zero-order valence-corrected chi connectivity index (χ0v) is 10.9. The van der Waals surface area contributed by atoms with E-state index in [-0.39, 0.29) is 0 Å². The summed E-state index contributed by atoms with van der Waals surface area (Å²) in [5.41, 5.74) is 2.33. The molecule has 0 aliphatic carbocycles. The highest BCUT2D eigenvalue weighted by Crippen LogP contribution is 2.13. The lowest BCUT2D eigenvalue weighted by molar-refractivity contribution is 0.340. The Morgan fingerprint density at radius 3 is 2.67 bits per heavy atom. The number of benzene rings is 1. The van der Waals surface area contributed by atoms with Gasteiger partial charge in [-0.15, -0.1) is 0 Å². The lowest BCUT2D eigenvalue weighted by atomic mass is 10.1. The zero-order chi connectivity index (χ0) is 12.8. The van der Waals surface area contributed by atoms with Gasteiger partial charge in [-0.3, -0.25) is 4.68 Å². The second kappa shape index (κ2) is 6.10. The standard InChI is InChI=1S/C14H19N3O/c1-3-18-14-6-4-12(5-7-14)8-9-17-11-13(15-2)10-16-17/h4-7,10-11,15H,3,8-9H2,1-2H3. The van der Waals surface area contributed by atoms with Crippen molar-refractivity contribution in [1.82, 2.24) is 9.78 Å². The van der Waals surface area contributed by atoms with E-state index in [1.54, 1.807) is 0 Å². The summed E-state index contributed by atoms with van der Waals surface area (Å²) in [6.07, 6.45) is 4.81. The van der Waals surface area contributed by atoms with Gasteiger partial charge in [0, 0.05) is 19.8 Å². The monoisotopic (exact) mass is 245 g/mol. The molecule has 0 amide bonds. The second-order valence-corrected chi connectivity index (χ2v) is 4.07. The maximum Gasteiger partial charge on any atom is 0.119 e. The topological polar surface area (TPSA) is 39.1 Å². The summed E-state index contributed by atoms with van der Waals surface area (Å²) in [6, 6.07) is 8.24. The van der Waals surface area contributed by atoms with E-state index < -0.39 is 0 Å². The number of aryl methyl sites for hydroxylation is 2. The van der Waals surface area contributed by atoms with Gasteiger partial charge in [0.2, 0.25) is 0 Å². The summed E-state index contributed by atoms with van der Waals surface area (Å²) in [5, 5.41) is 7.35. The maximum atomic E-state index is 5.42. The minimum Gasteiger partial charge on any atom is -0.494 e. The number of anilines is 1. The molecular weight excluding hydrogens is 226 g/mol. The number of rotatable bonds is 6. The van der Waals surface area contributed by atoms with Crippen LogP contribution in [0.2, 0.25) is 0 Å². The molecule has 18 heavy (non-hydrogen) atoms. The van der Waals surface area contributed by atoms with Gasteiger partial charge in [-0.05, 0) is 31.0 Å². The smallest absolute Gasteiger partial charge is 0.119 e. The third kappa shape index (κ3) is 3.26. The number of nitrogens with zero attached hydrogens (tertiary/aromatic N) is 2. The van der Waals surface area contributed by atoms with Gasteiger partial charge >= 0.3 is 0 Å². The molecule has 0 atom stereocenters. The van der Waals surface area contributed by atoms with Crippen LogP contribution in [0.3, 0.4) is 0 Å². The third-order valence-electron chi connectivity index (χ3n) is 2.79. The predicted octanol–water partition coefficient (Wildman–Crippen LogP) is 2.57. The van der Waals surface area contributed by atoms with Crippen molar-refractivity contribution < 1.29 is 4.74 Å². The highest BCUT2D eigenvalue weighted by molar-refractivity contribution is 5.36. The summed E-state index contributed by atoms with van der Waals surface area (Å²) in [6.45, 7) is 3.58. The Hall–Kier alpha value is -1.97. The maximum absolute atomic E-state index is 5.42. The largest absolute Gasteiger partial charge is 0.494 e. The van der Waals surface area contributed by atoms with Crippen molar-refractivity contribution in [3.05, 3.63) is 42.2 Å². The van der Waals surface area contributed by atoms with Crippen molar-refractivity contribution >= 4 is 5.69 Å². The first kappa shape index (κ1) is 12.5. The van der Waals surface area contributed by atoms with Crippen LogP contribution in [-0.4, -0.2) is 23.4 Å². The fourth-order valence-corrected chi connectivity index (χ4v) is 1.78. The normalized spacial score (nSPS) is 10.3. The molecule has 2 rings (SSSR count). The second-order valence-electron chi connectivity index (χ2n) is 4.07. The third-order valence-corrected chi connectivity index (χ3v) is 2.79. The molecule has 0 saturated carbocycles. The van der Waals surface area contributed by atoms with Crippen LogP contribution in [0, 0.1) is 0 Å². The molecule has 4 nitrogen and oxygen atoms in total. The molecule has 0 fully saturated rings. The van der Waals surface area contributed by atoms with E-state index in [0.717, 1.165) is 24.4 Å². The van der Waals surface area contributed by atoms with Crippen LogP contribution < -0.4 is 10.1 Å². The van der Waals surface area contributed by atoms with Gasteiger partial charge in [-0.1, -0.05) is 12.1 Å². The SMILES string of the molecule is CCOc1ccc(CCn2cc(NC)cn2)cc1. The minimum absolute atomic E-state index is 0.708. The van der Waals surface area contributed by atoms with Gasteiger partial charge in [-0.25, -0.2) is 0 Å². The van der Waals surface area contributed by atoms with E-state index >= 15 is 0 Å². The highest BCUT2D eigenvalue weighted by atomic mass is 16.5. The average molecular weight is 245 g/mol. The Labute approximate surface area is 108 Å². The van der Waals surface area contributed by atoms with Crippen LogP contribution in [0.15, 0.2) is 36.7 Å². The van der Waals surface area contributed by atoms with E-state index in [1.807, 2.05) is 43.2 Å². The molecule has 0 spiro atoms. The Bertz CT molecular complexity index is 476. The molecule has 0 aliphatic heterocycles. The van der Waals surface area contributed by atoms with Gasteiger partial charge in [0.15, 0.2) is 0 Å². The summed E-state index contributed by atoms with van der Waals surface area (Å²) in [7, 11) is 1.90. The van der Waals surface area contributed by atoms with Gasteiger partial charge in [0.25, 0.3) is 0 Å². The Morgan fingerprint density at radius 1 is 1.28 bits per heavy atom. The van der Waals surface area contributed by atoms with E-state index in [4.69, 9.17) is 4.74 Å². The number of nitrogens with one attached hydrogen (secondary N) is 1. The number of hydrogen-bond donors (Lipinski definition) is 1. The van der Waals surface area contributed by atoms with Gasteiger partial charge < -0.3 is 10.1 Å². The molecular formula is C14H19N3O. The van der Waals surface area contributed by atoms with Crippen molar-refractivity contribution in [3.8, 4) is 5.75 Å². The molecule has 2 aromatic rings. The number of aromatic nitrogens is 2. The van der Waals surface area contributed by atoms with Crippen molar-refractivity contribution in [1.29, 1.82) is 0 Å². The van der Waals surface area contributed by atoms with Gasteiger partial charge in [0.1, 0.15) is 5.75 Å². The summed E-state index contributed by atoms with van der Waals surface area (Å²) < 4.78 is 7.36. The molecule has 1 heterocycles. The molecule has 96 valence electrons. The van der Waals surface area contributed by atoms with Crippen molar-refractivity contribution in [3.63, 3.8) is 0 Å². The van der Waals surface area contributed by atoms with E-state index in [0.29, 0.717) is 6.61 Å². The summed E-state index contributed by atoms with van der Waals surface area (Å²) in [4.78, 5) is 0. The van der Waals surface area contributed by atoms with Gasteiger partial charge in [0.05, 0.1) is 18.5 Å². The van der Waals surface area contributed by atoms with Crippen molar-refractivity contribution in [2.75, 3.05) is 19.0 Å².